The molecule has 0 saturated carbocycles. The summed E-state index contributed by atoms with van der Waals surface area (Å²) in [5, 5.41) is 13.6. The normalized spacial score (nSPS) is 10.4. The molecule has 0 unspecified atom stereocenters. The van der Waals surface area contributed by atoms with E-state index in [1.54, 1.807) is 19.4 Å². The number of aromatic nitrogens is 3. The van der Waals surface area contributed by atoms with Crippen LogP contribution >= 0.6 is 0 Å². The topological polar surface area (TPSA) is 81.3 Å². The van der Waals surface area contributed by atoms with Gasteiger partial charge < -0.3 is 14.4 Å². The van der Waals surface area contributed by atoms with E-state index >= 15 is 0 Å². The van der Waals surface area contributed by atoms with Crippen LogP contribution in [0, 0.1) is 0 Å². The summed E-state index contributed by atoms with van der Waals surface area (Å²) < 4.78 is 10.3. The van der Waals surface area contributed by atoms with Crippen molar-refractivity contribution in [3.05, 3.63) is 42.7 Å². The minimum atomic E-state index is -0.00238. The number of pyridine rings is 1. The van der Waals surface area contributed by atoms with Gasteiger partial charge in [0.15, 0.2) is 0 Å². The predicted octanol–water partition coefficient (Wildman–Crippen LogP) is 2.51. The van der Waals surface area contributed by atoms with Crippen LogP contribution < -0.4 is 4.74 Å². The van der Waals surface area contributed by atoms with E-state index < -0.39 is 0 Å². The van der Waals surface area contributed by atoms with Crippen molar-refractivity contribution in [1.82, 2.24) is 15.1 Å². The van der Waals surface area contributed by atoms with Gasteiger partial charge in [-0.25, -0.2) is 0 Å². The highest BCUT2D eigenvalue weighted by Crippen LogP contribution is 2.28. The van der Waals surface area contributed by atoms with Gasteiger partial charge in [-0.1, -0.05) is 5.16 Å². The number of rotatable bonds is 3. The molecule has 0 atom stereocenters. The summed E-state index contributed by atoms with van der Waals surface area (Å²) in [6.45, 7) is 0. The highest BCUT2D eigenvalue weighted by atomic mass is 16.5. The lowest BCUT2D eigenvalue weighted by Gasteiger charge is -1.99. The van der Waals surface area contributed by atoms with Gasteiger partial charge in [-0.05, 0) is 30.3 Å². The number of benzene rings is 1. The molecule has 6 heteroatoms. The molecule has 0 saturated heterocycles. The van der Waals surface area contributed by atoms with Crippen molar-refractivity contribution in [1.29, 1.82) is 0 Å². The average Bonchev–Trinajstić information content (AvgIpc) is 2.97. The number of aromatic hydroxyl groups is 1. The Morgan fingerprint density at radius 2 is 1.95 bits per heavy atom. The third-order valence-electron chi connectivity index (χ3n) is 2.80. The van der Waals surface area contributed by atoms with Crippen LogP contribution in [0.1, 0.15) is 0 Å². The van der Waals surface area contributed by atoms with E-state index in [2.05, 4.69) is 15.1 Å². The molecule has 0 aliphatic rings. The molecular weight excluding hydrogens is 258 g/mol. The molecule has 0 radical (unpaired) electrons. The molecule has 0 aliphatic carbocycles. The number of methoxy groups -OCH3 is 1. The Bertz CT molecular complexity index is 723. The van der Waals surface area contributed by atoms with Crippen molar-refractivity contribution in [3.63, 3.8) is 0 Å². The number of ether oxygens (including phenoxy) is 1. The fourth-order valence-corrected chi connectivity index (χ4v) is 1.76. The molecule has 100 valence electrons. The fraction of sp³-hybridized carbons (Fsp3) is 0.0714. The van der Waals surface area contributed by atoms with Gasteiger partial charge in [0.25, 0.3) is 5.89 Å². The summed E-state index contributed by atoms with van der Waals surface area (Å²) in [5.41, 5.74) is 1.25. The van der Waals surface area contributed by atoms with Crippen molar-refractivity contribution in [2.45, 2.75) is 0 Å². The molecule has 3 aromatic rings. The Morgan fingerprint density at radius 1 is 1.15 bits per heavy atom. The zero-order chi connectivity index (χ0) is 13.9. The van der Waals surface area contributed by atoms with Gasteiger partial charge in [0.2, 0.25) is 5.82 Å². The van der Waals surface area contributed by atoms with Crippen LogP contribution in [0.25, 0.3) is 22.8 Å². The molecule has 2 aromatic heterocycles. The van der Waals surface area contributed by atoms with Crippen LogP contribution in [0.3, 0.4) is 0 Å². The third-order valence-corrected chi connectivity index (χ3v) is 2.80. The standard InChI is InChI=1S/C14H11N3O3/c1-19-10-4-2-9(3-5-10)13-16-14(20-17-13)11-6-7-15-8-12(11)18/h2-8,18H,1H3. The van der Waals surface area contributed by atoms with Crippen molar-refractivity contribution in [2.75, 3.05) is 7.11 Å². The van der Waals surface area contributed by atoms with Crippen LogP contribution in [0.15, 0.2) is 47.2 Å². The Labute approximate surface area is 114 Å². The van der Waals surface area contributed by atoms with Crippen molar-refractivity contribution in [2.24, 2.45) is 0 Å². The SMILES string of the molecule is COc1ccc(-c2noc(-c3ccncc3O)n2)cc1. The minimum Gasteiger partial charge on any atom is -0.505 e. The molecule has 0 spiro atoms. The Hall–Kier alpha value is -2.89. The van der Waals surface area contributed by atoms with Crippen LogP contribution in [0.5, 0.6) is 11.5 Å². The summed E-state index contributed by atoms with van der Waals surface area (Å²) in [6.07, 6.45) is 2.87. The minimum absolute atomic E-state index is 0.00238. The summed E-state index contributed by atoms with van der Waals surface area (Å²) in [4.78, 5) is 8.06. The zero-order valence-electron chi connectivity index (χ0n) is 10.6. The number of hydrogen-bond acceptors (Lipinski definition) is 6. The second-order valence-corrected chi connectivity index (χ2v) is 4.04. The van der Waals surface area contributed by atoms with Gasteiger partial charge in [-0.3, -0.25) is 4.98 Å². The van der Waals surface area contributed by atoms with E-state index in [0.717, 1.165) is 11.3 Å². The molecular formula is C14H11N3O3. The summed E-state index contributed by atoms with van der Waals surface area (Å²) in [5.74, 6) is 1.44. The van der Waals surface area contributed by atoms with E-state index in [9.17, 15) is 5.11 Å². The van der Waals surface area contributed by atoms with Crippen molar-refractivity contribution in [3.8, 4) is 34.3 Å². The second kappa shape index (κ2) is 5.00. The first-order chi connectivity index (χ1) is 9.78. The lowest BCUT2D eigenvalue weighted by atomic mass is 10.2. The van der Waals surface area contributed by atoms with E-state index in [1.807, 2.05) is 24.3 Å². The first kappa shape index (κ1) is 12.2. The first-order valence-corrected chi connectivity index (χ1v) is 5.89. The molecule has 0 fully saturated rings. The smallest absolute Gasteiger partial charge is 0.262 e. The molecule has 3 rings (SSSR count). The highest BCUT2D eigenvalue weighted by Gasteiger charge is 2.13. The van der Waals surface area contributed by atoms with E-state index in [4.69, 9.17) is 9.26 Å². The molecule has 0 bridgehead atoms. The monoisotopic (exact) mass is 269 g/mol. The Balaban J connectivity index is 1.95. The quantitative estimate of drug-likeness (QED) is 0.786. The van der Waals surface area contributed by atoms with Crippen LogP contribution in [-0.4, -0.2) is 27.3 Å². The van der Waals surface area contributed by atoms with E-state index in [-0.39, 0.29) is 11.6 Å². The van der Waals surface area contributed by atoms with Gasteiger partial charge in [-0.15, -0.1) is 0 Å². The molecule has 1 aromatic carbocycles. The lowest BCUT2D eigenvalue weighted by molar-refractivity contribution is 0.414. The maximum absolute atomic E-state index is 9.71. The molecule has 20 heavy (non-hydrogen) atoms. The predicted molar refractivity (Wildman–Crippen MR) is 71.2 cm³/mol. The van der Waals surface area contributed by atoms with Crippen LogP contribution in [-0.2, 0) is 0 Å². The second-order valence-electron chi connectivity index (χ2n) is 4.04. The largest absolute Gasteiger partial charge is 0.505 e. The van der Waals surface area contributed by atoms with Gasteiger partial charge >= 0.3 is 0 Å². The van der Waals surface area contributed by atoms with Crippen LogP contribution in [0.4, 0.5) is 0 Å². The lowest BCUT2D eigenvalue weighted by Crippen LogP contribution is -1.84. The Morgan fingerprint density at radius 3 is 2.65 bits per heavy atom. The van der Waals surface area contributed by atoms with Gasteiger partial charge in [0, 0.05) is 11.8 Å². The Kier molecular flexibility index (Phi) is 3.04. The molecule has 1 N–H and O–H groups in total. The first-order valence-electron chi connectivity index (χ1n) is 5.89. The number of hydrogen-bond donors (Lipinski definition) is 1. The molecule has 0 amide bonds. The van der Waals surface area contributed by atoms with Gasteiger partial charge in [0.1, 0.15) is 11.5 Å². The third kappa shape index (κ3) is 2.18. The van der Waals surface area contributed by atoms with E-state index in [0.29, 0.717) is 11.4 Å². The van der Waals surface area contributed by atoms with Crippen LogP contribution in [0.2, 0.25) is 0 Å². The van der Waals surface area contributed by atoms with E-state index in [1.165, 1.54) is 6.20 Å². The molecule has 0 aliphatic heterocycles. The maximum atomic E-state index is 9.71. The molecule has 2 heterocycles. The van der Waals surface area contributed by atoms with Crippen molar-refractivity contribution >= 4 is 0 Å². The summed E-state index contributed by atoms with van der Waals surface area (Å²) >= 11 is 0. The summed E-state index contributed by atoms with van der Waals surface area (Å²) in [7, 11) is 1.60. The zero-order valence-corrected chi connectivity index (χ0v) is 10.6. The highest BCUT2D eigenvalue weighted by molar-refractivity contribution is 5.64. The van der Waals surface area contributed by atoms with Crippen molar-refractivity contribution < 1.29 is 14.4 Å². The summed E-state index contributed by atoms with van der Waals surface area (Å²) in [6, 6.07) is 8.91. The van der Waals surface area contributed by atoms with Gasteiger partial charge in [0.05, 0.1) is 18.9 Å². The number of nitrogens with zero attached hydrogens (tertiary/aromatic N) is 3. The average molecular weight is 269 g/mol. The fourth-order valence-electron chi connectivity index (χ4n) is 1.76. The van der Waals surface area contributed by atoms with Gasteiger partial charge in [-0.2, -0.15) is 4.98 Å². The molecule has 6 nitrogen and oxygen atoms in total. The maximum Gasteiger partial charge on any atom is 0.262 e.